The van der Waals surface area contributed by atoms with Crippen molar-refractivity contribution in [1.29, 1.82) is 0 Å². The van der Waals surface area contributed by atoms with Crippen molar-refractivity contribution in [1.82, 2.24) is 5.32 Å². The molecule has 478 valence electrons. The number of ether oxygens (including phenoxy) is 4. The van der Waals surface area contributed by atoms with Crippen LogP contribution in [0.5, 0.6) is 0 Å². The molecule has 2 fully saturated rings. The second kappa shape index (κ2) is 53.4. The molecule has 12 atom stereocenters. The van der Waals surface area contributed by atoms with Crippen molar-refractivity contribution in [2.75, 3.05) is 19.8 Å². The largest absolute Gasteiger partial charge is 0.394 e. The Labute approximate surface area is 507 Å². The van der Waals surface area contributed by atoms with Gasteiger partial charge in [0.1, 0.15) is 48.8 Å². The zero-order chi connectivity index (χ0) is 60.9. The number of allylic oxidation sites excluding steroid dienone is 22. The smallest absolute Gasteiger partial charge is 0.220 e. The summed E-state index contributed by atoms with van der Waals surface area (Å²) in [6.45, 7) is 2.68. The van der Waals surface area contributed by atoms with Crippen LogP contribution >= 0.6 is 0 Å². The monoisotopic (exact) mass is 1180 g/mol. The van der Waals surface area contributed by atoms with Crippen LogP contribution < -0.4 is 5.32 Å². The Hall–Kier alpha value is -3.87. The fourth-order valence-electron chi connectivity index (χ4n) is 9.71. The van der Waals surface area contributed by atoms with Crippen LogP contribution in [-0.2, 0) is 23.7 Å². The maximum Gasteiger partial charge on any atom is 0.220 e. The Bertz CT molecular complexity index is 1920. The summed E-state index contributed by atoms with van der Waals surface area (Å²) < 4.78 is 22.8. The van der Waals surface area contributed by atoms with Crippen LogP contribution in [0.1, 0.15) is 206 Å². The predicted molar refractivity (Wildman–Crippen MR) is 341 cm³/mol. The molecular formula is C70H115NO13. The van der Waals surface area contributed by atoms with Crippen molar-refractivity contribution >= 4 is 5.91 Å². The van der Waals surface area contributed by atoms with Crippen LogP contribution in [0.2, 0.25) is 0 Å². The van der Waals surface area contributed by atoms with E-state index in [-0.39, 0.29) is 18.9 Å². The van der Waals surface area contributed by atoms with Gasteiger partial charge < -0.3 is 65.1 Å². The first kappa shape index (κ1) is 76.2. The van der Waals surface area contributed by atoms with E-state index in [0.717, 1.165) is 135 Å². The van der Waals surface area contributed by atoms with E-state index in [4.69, 9.17) is 18.9 Å². The molecule has 0 radical (unpaired) electrons. The summed E-state index contributed by atoms with van der Waals surface area (Å²) in [5.74, 6) is -0.226. The lowest BCUT2D eigenvalue weighted by Crippen LogP contribution is -2.65. The molecule has 0 saturated carbocycles. The third-order valence-electron chi connectivity index (χ3n) is 14.9. The molecule has 14 heteroatoms. The van der Waals surface area contributed by atoms with Gasteiger partial charge in [0.15, 0.2) is 12.6 Å². The number of carbonyl (C=O) groups is 1. The number of rotatable bonds is 50. The number of nitrogens with one attached hydrogen (secondary N) is 1. The normalized spacial score (nSPS) is 24.6. The van der Waals surface area contributed by atoms with Gasteiger partial charge in [0.25, 0.3) is 0 Å². The molecule has 0 aromatic rings. The van der Waals surface area contributed by atoms with E-state index < -0.39 is 86.8 Å². The van der Waals surface area contributed by atoms with E-state index >= 15 is 0 Å². The number of unbranched alkanes of at least 4 members (excludes halogenated alkanes) is 15. The number of amides is 1. The third-order valence-corrected chi connectivity index (χ3v) is 14.9. The second-order valence-electron chi connectivity index (χ2n) is 22.2. The summed E-state index contributed by atoms with van der Waals surface area (Å²) in [7, 11) is 0. The van der Waals surface area contributed by atoms with E-state index in [2.05, 4.69) is 153 Å². The highest BCUT2D eigenvalue weighted by molar-refractivity contribution is 5.76. The molecule has 9 N–H and O–H groups in total. The highest BCUT2D eigenvalue weighted by Crippen LogP contribution is 2.30. The average Bonchev–Trinajstić information content (AvgIpc) is 2.28. The van der Waals surface area contributed by atoms with Crippen molar-refractivity contribution in [3.8, 4) is 0 Å². The fourth-order valence-corrected chi connectivity index (χ4v) is 9.71. The van der Waals surface area contributed by atoms with Crippen molar-refractivity contribution < 1.29 is 64.6 Å². The van der Waals surface area contributed by atoms with Gasteiger partial charge in [0.05, 0.1) is 32.0 Å². The zero-order valence-corrected chi connectivity index (χ0v) is 51.6. The van der Waals surface area contributed by atoms with Crippen molar-refractivity contribution in [2.45, 2.75) is 280 Å². The first-order chi connectivity index (χ1) is 41.1. The number of hydrogen-bond donors (Lipinski definition) is 9. The van der Waals surface area contributed by atoms with E-state index in [1.165, 1.54) is 38.5 Å². The number of hydrogen-bond acceptors (Lipinski definition) is 13. The summed E-state index contributed by atoms with van der Waals surface area (Å²) in [5, 5.41) is 87.0. The van der Waals surface area contributed by atoms with E-state index in [9.17, 15) is 45.6 Å². The quantitative estimate of drug-likeness (QED) is 0.0204. The summed E-state index contributed by atoms with van der Waals surface area (Å²) in [4.78, 5) is 13.2. The average molecular weight is 1180 g/mol. The SMILES string of the molecule is CC/C=C\C/C=C\C/C=C\C/C=C\C/C=C\C/C=C\C/C=C\C/C=C\C/C=C\C/C=C\C/C=C\CCCCCCCCCC(=O)NC(COC1OC(CO)C(OC2OC(CO)C(O)C(O)C2O)C(O)C1O)C(O)CCCCCCCCCCC. The standard InChI is InChI=1S/C70H115NO13/c1-3-5-7-9-11-13-14-15-16-17-18-19-20-21-22-23-24-25-26-27-28-29-30-31-32-33-34-35-36-37-38-39-40-41-42-43-44-46-48-50-52-54-62(75)71-58(59(74)53-51-49-47-45-12-10-8-6-4-2)57-81-69-67(80)65(78)68(61(56-73)83-69)84-70-66(79)64(77)63(76)60(55-72)82-70/h5,7,11,13,15-16,18-19,21-22,24-25,27-28,30-31,33-34,36-37,39-40,58-61,63-70,72-74,76-80H,3-4,6,8-10,12,14,17,20,23,26,29,32,35,38,41-57H2,1-2H3,(H,71,75)/b7-5-,13-11-,16-15-,19-18-,22-21-,25-24-,28-27-,31-30-,34-33-,37-36-,40-39-. The maximum atomic E-state index is 13.2. The Balaban J connectivity index is 1.59. The first-order valence-corrected chi connectivity index (χ1v) is 32.4. The minimum absolute atomic E-state index is 0.226. The molecular weight excluding hydrogens is 1060 g/mol. The molecule has 14 nitrogen and oxygen atoms in total. The highest BCUT2D eigenvalue weighted by Gasteiger charge is 2.51. The van der Waals surface area contributed by atoms with Gasteiger partial charge in [-0.1, -0.05) is 237 Å². The van der Waals surface area contributed by atoms with E-state index in [1.807, 2.05) is 0 Å². The Morgan fingerprint density at radius 2 is 0.821 bits per heavy atom. The number of carbonyl (C=O) groups excluding carboxylic acids is 1. The molecule has 0 aromatic carbocycles. The van der Waals surface area contributed by atoms with E-state index in [0.29, 0.717) is 12.8 Å². The number of aliphatic hydroxyl groups excluding tert-OH is 8. The Kier molecular flexibility index (Phi) is 48.4. The summed E-state index contributed by atoms with van der Waals surface area (Å²) in [6, 6.07) is -0.842. The van der Waals surface area contributed by atoms with Gasteiger partial charge in [-0.2, -0.15) is 0 Å². The van der Waals surface area contributed by atoms with Gasteiger partial charge >= 0.3 is 0 Å². The van der Waals surface area contributed by atoms with Gasteiger partial charge in [-0.05, 0) is 96.3 Å². The topological polar surface area (TPSA) is 228 Å². The summed E-state index contributed by atoms with van der Waals surface area (Å²) in [5.41, 5.74) is 0. The fraction of sp³-hybridized carbons (Fsp3) is 0.671. The molecule has 2 saturated heterocycles. The molecule has 0 aliphatic carbocycles. The lowest BCUT2D eigenvalue weighted by atomic mass is 9.97. The molecule has 2 aliphatic heterocycles. The molecule has 2 heterocycles. The van der Waals surface area contributed by atoms with Crippen LogP contribution in [0.3, 0.4) is 0 Å². The van der Waals surface area contributed by atoms with Gasteiger partial charge in [0, 0.05) is 6.42 Å². The summed E-state index contributed by atoms with van der Waals surface area (Å²) in [6.07, 6.45) is 62.0. The van der Waals surface area contributed by atoms with Crippen LogP contribution in [0.15, 0.2) is 134 Å². The predicted octanol–water partition coefficient (Wildman–Crippen LogP) is 12.3. The van der Waals surface area contributed by atoms with Crippen LogP contribution in [0.4, 0.5) is 0 Å². The first-order valence-electron chi connectivity index (χ1n) is 32.4. The van der Waals surface area contributed by atoms with Crippen molar-refractivity contribution in [3.05, 3.63) is 134 Å². The minimum Gasteiger partial charge on any atom is -0.394 e. The second-order valence-corrected chi connectivity index (χ2v) is 22.2. The molecule has 12 unspecified atom stereocenters. The molecule has 0 aromatic heterocycles. The summed E-state index contributed by atoms with van der Waals surface area (Å²) >= 11 is 0. The van der Waals surface area contributed by atoms with Crippen LogP contribution in [0.25, 0.3) is 0 Å². The van der Waals surface area contributed by atoms with Crippen molar-refractivity contribution in [2.24, 2.45) is 0 Å². The zero-order valence-electron chi connectivity index (χ0n) is 51.6. The van der Waals surface area contributed by atoms with Gasteiger partial charge in [-0.25, -0.2) is 0 Å². The van der Waals surface area contributed by atoms with Gasteiger partial charge in [-0.15, -0.1) is 0 Å². The van der Waals surface area contributed by atoms with Gasteiger partial charge in [-0.3, -0.25) is 4.79 Å². The Morgan fingerprint density at radius 3 is 1.26 bits per heavy atom. The Morgan fingerprint density at radius 1 is 0.440 bits per heavy atom. The number of aliphatic hydroxyl groups is 8. The third kappa shape index (κ3) is 37.6. The van der Waals surface area contributed by atoms with Crippen molar-refractivity contribution in [3.63, 3.8) is 0 Å². The molecule has 0 spiro atoms. The minimum atomic E-state index is -1.79. The van der Waals surface area contributed by atoms with Crippen LogP contribution in [-0.4, -0.2) is 140 Å². The molecule has 2 rings (SSSR count). The lowest BCUT2D eigenvalue weighted by Gasteiger charge is -2.46. The molecule has 1 amide bonds. The molecule has 0 bridgehead atoms. The van der Waals surface area contributed by atoms with Gasteiger partial charge in [0.2, 0.25) is 5.91 Å². The molecule has 84 heavy (non-hydrogen) atoms. The molecule has 2 aliphatic rings. The maximum absolute atomic E-state index is 13.2. The highest BCUT2D eigenvalue weighted by atomic mass is 16.7. The lowest BCUT2D eigenvalue weighted by molar-refractivity contribution is -0.359. The van der Waals surface area contributed by atoms with Crippen LogP contribution in [0, 0.1) is 0 Å². The van der Waals surface area contributed by atoms with E-state index in [1.54, 1.807) is 0 Å².